The van der Waals surface area contributed by atoms with Gasteiger partial charge in [0.05, 0.1) is 6.10 Å². The summed E-state index contributed by atoms with van der Waals surface area (Å²) in [6.45, 7) is 2.93. The van der Waals surface area contributed by atoms with Gasteiger partial charge in [-0.15, -0.1) is 0 Å². The molecule has 2 unspecified atom stereocenters. The Morgan fingerprint density at radius 3 is 3.20 bits per heavy atom. The zero-order valence-corrected chi connectivity index (χ0v) is 9.15. The third kappa shape index (κ3) is 2.55. The van der Waals surface area contributed by atoms with Gasteiger partial charge in [-0.05, 0) is 31.4 Å². The van der Waals surface area contributed by atoms with E-state index in [1.807, 2.05) is 12.3 Å². The Bertz CT molecular complexity index is 321. The zero-order chi connectivity index (χ0) is 10.7. The molecule has 2 N–H and O–H groups in total. The Balaban J connectivity index is 1.99. The van der Waals surface area contributed by atoms with Crippen LogP contribution in [0.25, 0.3) is 0 Å². The summed E-state index contributed by atoms with van der Waals surface area (Å²) in [7, 11) is 0. The molecule has 15 heavy (non-hydrogen) atoms. The molecule has 1 aromatic rings. The molecule has 0 saturated carbocycles. The number of pyridine rings is 1. The molecule has 2 heterocycles. The molecule has 0 spiro atoms. The first-order valence-electron chi connectivity index (χ1n) is 5.55. The molecule has 1 saturated heterocycles. The standard InChI is InChI=1S/C12H18N2O/c1-9-4-2-6-14-11(9)8-10(13)12-5-3-7-15-12/h2,4,6,10,12H,3,5,7-8,13H2,1H3. The highest BCUT2D eigenvalue weighted by molar-refractivity contribution is 5.18. The van der Waals surface area contributed by atoms with Crippen LogP contribution in [0.3, 0.4) is 0 Å². The predicted molar refractivity (Wildman–Crippen MR) is 59.6 cm³/mol. The van der Waals surface area contributed by atoms with Crippen LogP contribution >= 0.6 is 0 Å². The summed E-state index contributed by atoms with van der Waals surface area (Å²) in [6, 6.07) is 4.11. The summed E-state index contributed by atoms with van der Waals surface area (Å²) in [6.07, 6.45) is 5.10. The first-order chi connectivity index (χ1) is 7.27. The van der Waals surface area contributed by atoms with Crippen molar-refractivity contribution in [3.8, 4) is 0 Å². The van der Waals surface area contributed by atoms with E-state index in [9.17, 15) is 0 Å². The molecule has 1 fully saturated rings. The lowest BCUT2D eigenvalue weighted by Gasteiger charge is -2.18. The monoisotopic (exact) mass is 206 g/mol. The highest BCUT2D eigenvalue weighted by atomic mass is 16.5. The van der Waals surface area contributed by atoms with E-state index in [4.69, 9.17) is 10.5 Å². The molecule has 0 radical (unpaired) electrons. The number of nitrogens with two attached hydrogens (primary N) is 1. The van der Waals surface area contributed by atoms with Crippen molar-refractivity contribution in [3.63, 3.8) is 0 Å². The highest BCUT2D eigenvalue weighted by Gasteiger charge is 2.23. The van der Waals surface area contributed by atoms with Crippen LogP contribution in [0.1, 0.15) is 24.1 Å². The van der Waals surface area contributed by atoms with E-state index in [1.165, 1.54) is 5.56 Å². The Morgan fingerprint density at radius 1 is 1.67 bits per heavy atom. The van der Waals surface area contributed by atoms with E-state index >= 15 is 0 Å². The predicted octanol–water partition coefficient (Wildman–Crippen LogP) is 1.44. The van der Waals surface area contributed by atoms with Gasteiger partial charge in [-0.25, -0.2) is 0 Å². The Kier molecular flexibility index (Phi) is 3.34. The van der Waals surface area contributed by atoms with Crippen molar-refractivity contribution in [2.24, 2.45) is 5.73 Å². The van der Waals surface area contributed by atoms with Crippen LogP contribution in [0.2, 0.25) is 0 Å². The maximum atomic E-state index is 6.11. The minimum Gasteiger partial charge on any atom is -0.377 e. The van der Waals surface area contributed by atoms with Gasteiger partial charge in [0, 0.05) is 31.0 Å². The topological polar surface area (TPSA) is 48.1 Å². The fourth-order valence-corrected chi connectivity index (χ4v) is 2.03. The number of aromatic nitrogens is 1. The maximum Gasteiger partial charge on any atom is 0.0730 e. The summed E-state index contributed by atoms with van der Waals surface area (Å²) < 4.78 is 5.57. The fraction of sp³-hybridized carbons (Fsp3) is 0.583. The SMILES string of the molecule is Cc1cccnc1CC(N)C1CCCO1. The quantitative estimate of drug-likeness (QED) is 0.814. The normalized spacial score (nSPS) is 22.9. The van der Waals surface area contributed by atoms with Crippen LogP contribution in [0, 0.1) is 6.92 Å². The second kappa shape index (κ2) is 4.73. The Labute approximate surface area is 90.7 Å². The number of aryl methyl sites for hydroxylation is 1. The number of nitrogens with zero attached hydrogens (tertiary/aromatic N) is 1. The van der Waals surface area contributed by atoms with Gasteiger partial charge in [0.15, 0.2) is 0 Å². The molecule has 0 bridgehead atoms. The van der Waals surface area contributed by atoms with Crippen molar-refractivity contribution in [3.05, 3.63) is 29.6 Å². The molecule has 0 amide bonds. The minimum atomic E-state index is 0.0844. The molecular weight excluding hydrogens is 188 g/mol. The van der Waals surface area contributed by atoms with Crippen LogP contribution in [-0.4, -0.2) is 23.7 Å². The van der Waals surface area contributed by atoms with Crippen molar-refractivity contribution in [1.29, 1.82) is 0 Å². The molecule has 0 aromatic carbocycles. The average Bonchev–Trinajstić information content (AvgIpc) is 2.74. The lowest BCUT2D eigenvalue weighted by Crippen LogP contribution is -2.36. The van der Waals surface area contributed by atoms with Crippen LogP contribution in [-0.2, 0) is 11.2 Å². The summed E-state index contributed by atoms with van der Waals surface area (Å²) in [4.78, 5) is 4.35. The van der Waals surface area contributed by atoms with Gasteiger partial charge < -0.3 is 10.5 Å². The smallest absolute Gasteiger partial charge is 0.0730 e. The summed E-state index contributed by atoms with van der Waals surface area (Å²) in [5.41, 5.74) is 8.43. The summed E-state index contributed by atoms with van der Waals surface area (Å²) in [5.74, 6) is 0. The van der Waals surface area contributed by atoms with Gasteiger partial charge >= 0.3 is 0 Å². The molecule has 3 nitrogen and oxygen atoms in total. The van der Waals surface area contributed by atoms with E-state index in [2.05, 4.69) is 18.0 Å². The third-order valence-corrected chi connectivity index (χ3v) is 2.99. The average molecular weight is 206 g/mol. The molecule has 1 aliphatic rings. The van der Waals surface area contributed by atoms with E-state index in [1.54, 1.807) is 0 Å². The summed E-state index contributed by atoms with van der Waals surface area (Å²) in [5, 5.41) is 0. The molecule has 2 atom stereocenters. The van der Waals surface area contributed by atoms with E-state index in [0.717, 1.165) is 31.6 Å². The van der Waals surface area contributed by atoms with Crippen LogP contribution < -0.4 is 5.73 Å². The van der Waals surface area contributed by atoms with Crippen LogP contribution in [0.4, 0.5) is 0 Å². The number of hydrogen-bond donors (Lipinski definition) is 1. The Hall–Kier alpha value is -0.930. The fourth-order valence-electron chi connectivity index (χ4n) is 2.03. The number of ether oxygens (including phenoxy) is 1. The number of hydrogen-bond acceptors (Lipinski definition) is 3. The van der Waals surface area contributed by atoms with Crippen molar-refractivity contribution < 1.29 is 4.74 Å². The molecule has 1 aromatic heterocycles. The Morgan fingerprint density at radius 2 is 2.53 bits per heavy atom. The van der Waals surface area contributed by atoms with Gasteiger partial charge in [-0.2, -0.15) is 0 Å². The van der Waals surface area contributed by atoms with Gasteiger partial charge in [0.2, 0.25) is 0 Å². The van der Waals surface area contributed by atoms with Crippen molar-refractivity contribution >= 4 is 0 Å². The van der Waals surface area contributed by atoms with Crippen LogP contribution in [0.15, 0.2) is 18.3 Å². The first kappa shape index (κ1) is 10.6. The maximum absolute atomic E-state index is 6.11. The molecule has 2 rings (SSSR count). The lowest BCUT2D eigenvalue weighted by atomic mass is 10.0. The molecule has 82 valence electrons. The minimum absolute atomic E-state index is 0.0844. The van der Waals surface area contributed by atoms with E-state index in [-0.39, 0.29) is 12.1 Å². The summed E-state index contributed by atoms with van der Waals surface area (Å²) >= 11 is 0. The van der Waals surface area contributed by atoms with E-state index in [0.29, 0.717) is 0 Å². The second-order valence-electron chi connectivity index (χ2n) is 4.19. The van der Waals surface area contributed by atoms with Crippen LogP contribution in [0.5, 0.6) is 0 Å². The van der Waals surface area contributed by atoms with Gasteiger partial charge in [-0.1, -0.05) is 6.07 Å². The van der Waals surface area contributed by atoms with Crippen molar-refractivity contribution in [2.75, 3.05) is 6.61 Å². The number of rotatable bonds is 3. The molecule has 0 aliphatic carbocycles. The van der Waals surface area contributed by atoms with Gasteiger partial charge in [0.25, 0.3) is 0 Å². The zero-order valence-electron chi connectivity index (χ0n) is 9.15. The second-order valence-corrected chi connectivity index (χ2v) is 4.19. The van der Waals surface area contributed by atoms with Gasteiger partial charge in [0.1, 0.15) is 0 Å². The van der Waals surface area contributed by atoms with Gasteiger partial charge in [-0.3, -0.25) is 4.98 Å². The first-order valence-corrected chi connectivity index (χ1v) is 5.55. The largest absolute Gasteiger partial charge is 0.377 e. The highest BCUT2D eigenvalue weighted by Crippen LogP contribution is 2.17. The molecule has 1 aliphatic heterocycles. The van der Waals surface area contributed by atoms with Crippen molar-refractivity contribution in [1.82, 2.24) is 4.98 Å². The molecular formula is C12H18N2O. The van der Waals surface area contributed by atoms with E-state index < -0.39 is 0 Å². The van der Waals surface area contributed by atoms with Crippen molar-refractivity contribution in [2.45, 2.75) is 38.3 Å². The lowest BCUT2D eigenvalue weighted by molar-refractivity contribution is 0.0897. The third-order valence-electron chi connectivity index (χ3n) is 2.99. The molecule has 3 heteroatoms.